The fourth-order valence-corrected chi connectivity index (χ4v) is 8.70. The smallest absolute Gasteiger partial charge is 0.358 e. The van der Waals surface area contributed by atoms with Gasteiger partial charge in [-0.2, -0.15) is 18.4 Å². The Bertz CT molecular complexity index is 2770. The number of ether oxygens (including phenoxy) is 1. The second kappa shape index (κ2) is 18.5. The molecule has 16 nitrogen and oxygen atoms in total. The number of nitriles is 1. The Morgan fingerprint density at radius 2 is 1.80 bits per heavy atom. The van der Waals surface area contributed by atoms with Gasteiger partial charge in [-0.3, -0.25) is 24.2 Å². The molecule has 1 atom stereocenters. The maximum atomic E-state index is 15.5. The fourth-order valence-electron chi connectivity index (χ4n) is 8.18. The molecule has 0 bridgehead atoms. The van der Waals surface area contributed by atoms with E-state index in [0.717, 1.165) is 48.3 Å². The lowest BCUT2D eigenvalue weighted by molar-refractivity contribution is -0.137. The summed E-state index contributed by atoms with van der Waals surface area (Å²) < 4.78 is 64.3. The van der Waals surface area contributed by atoms with Crippen LogP contribution in [0.2, 0.25) is 0 Å². The highest BCUT2D eigenvalue weighted by atomic mass is 32.1. The number of benzene rings is 2. The lowest BCUT2D eigenvalue weighted by atomic mass is 10.0. The molecule has 0 saturated carbocycles. The van der Waals surface area contributed by atoms with E-state index in [-0.39, 0.29) is 47.3 Å². The maximum absolute atomic E-state index is 15.5. The molecular weight excluding hydrogens is 881 g/mol. The number of halogens is 4. The van der Waals surface area contributed by atoms with Gasteiger partial charge in [-0.15, -0.1) is 5.10 Å². The van der Waals surface area contributed by atoms with E-state index in [1.54, 1.807) is 22.1 Å². The van der Waals surface area contributed by atoms with Crippen molar-refractivity contribution in [2.75, 3.05) is 46.3 Å². The van der Waals surface area contributed by atoms with Gasteiger partial charge in [0.05, 0.1) is 46.9 Å². The molecule has 0 aliphatic carbocycles. The Hall–Kier alpha value is -6.92. The van der Waals surface area contributed by atoms with Gasteiger partial charge in [0.25, 0.3) is 11.8 Å². The number of hydrogen-bond donors (Lipinski definition) is 2. The minimum Gasteiger partial charge on any atom is -0.358 e. The van der Waals surface area contributed by atoms with Gasteiger partial charge in [-0.05, 0) is 114 Å². The highest BCUT2D eigenvalue weighted by Crippen LogP contribution is 2.40. The van der Waals surface area contributed by atoms with E-state index >= 15 is 4.39 Å². The largest absolute Gasteiger partial charge is 0.417 e. The van der Waals surface area contributed by atoms with Crippen LogP contribution in [-0.4, -0.2) is 84.3 Å². The zero-order valence-corrected chi connectivity index (χ0v) is 37.0. The third kappa shape index (κ3) is 9.02. The molecule has 342 valence electrons. The average molecular weight is 925 g/mol. The van der Waals surface area contributed by atoms with Crippen LogP contribution in [0.5, 0.6) is 0 Å². The van der Waals surface area contributed by atoms with E-state index in [9.17, 15) is 32.8 Å². The number of rotatable bonds is 13. The Labute approximate surface area is 382 Å². The van der Waals surface area contributed by atoms with Gasteiger partial charge in [0.2, 0.25) is 5.91 Å². The number of anilines is 4. The quantitative estimate of drug-likeness (QED) is 0.0672. The lowest BCUT2D eigenvalue weighted by Gasteiger charge is -2.29. The first kappa shape index (κ1) is 45.6. The molecule has 8 rings (SSSR count). The number of alkyl halides is 3. The number of carbonyl (C=O) groups excluding carboxylic acids is 3. The highest BCUT2D eigenvalue weighted by Gasteiger charge is 2.51. The first-order valence-corrected chi connectivity index (χ1v) is 21.8. The number of pyridine rings is 1. The number of nitrogens with one attached hydrogen (secondary N) is 2. The molecule has 3 aliphatic heterocycles. The van der Waals surface area contributed by atoms with Crippen molar-refractivity contribution in [1.29, 1.82) is 5.26 Å². The van der Waals surface area contributed by atoms with E-state index in [1.165, 1.54) is 43.0 Å². The Kier molecular flexibility index (Phi) is 12.8. The summed E-state index contributed by atoms with van der Waals surface area (Å²) in [4.78, 5) is 62.2. The topological polar surface area (TPSA) is 187 Å². The molecule has 3 amide bonds. The summed E-state index contributed by atoms with van der Waals surface area (Å²) in [6.45, 7) is 6.27. The maximum Gasteiger partial charge on any atom is 0.417 e. The Morgan fingerprint density at radius 1 is 1.02 bits per heavy atom. The SMILES string of the molecule is Cc1nc(-c2ncn(C3CCCCO3)n2)ccc1-c1cnc2c(n1)N(CCCCCCNC(=O)c1ccc(N3C(=S)N(c4ccc(C#N)c(C(F)(F)F)c4)C(=O)C3(C)C)cc1F)C(=O)CN2. The number of aromatic nitrogens is 6. The Morgan fingerprint density at radius 3 is 2.53 bits per heavy atom. The highest BCUT2D eigenvalue weighted by molar-refractivity contribution is 7.81. The van der Waals surface area contributed by atoms with Crippen molar-refractivity contribution in [2.24, 2.45) is 0 Å². The molecule has 21 heteroatoms. The number of carbonyl (C=O) groups is 3. The molecule has 0 radical (unpaired) electrons. The molecule has 5 aromatic rings. The van der Waals surface area contributed by atoms with Crippen LogP contribution in [-0.2, 0) is 20.5 Å². The first-order chi connectivity index (χ1) is 31.6. The molecular formula is C45H44F4N12O4S. The van der Waals surface area contributed by atoms with Crippen LogP contribution in [0.3, 0.4) is 0 Å². The van der Waals surface area contributed by atoms with Crippen LogP contribution in [0.25, 0.3) is 22.8 Å². The number of aryl methyl sites for hydroxylation is 1. The van der Waals surface area contributed by atoms with Gasteiger partial charge in [0.1, 0.15) is 23.4 Å². The second-order valence-electron chi connectivity index (χ2n) is 16.5. The minimum atomic E-state index is -4.87. The molecule has 3 aromatic heterocycles. The summed E-state index contributed by atoms with van der Waals surface area (Å²) in [6.07, 6.45) is 3.93. The minimum absolute atomic E-state index is 0.0786. The first-order valence-electron chi connectivity index (χ1n) is 21.4. The zero-order chi connectivity index (χ0) is 46.9. The van der Waals surface area contributed by atoms with Crippen molar-refractivity contribution in [3.63, 3.8) is 0 Å². The summed E-state index contributed by atoms with van der Waals surface area (Å²) >= 11 is 5.54. The van der Waals surface area contributed by atoms with Crippen LogP contribution < -0.4 is 25.3 Å². The molecule has 2 fully saturated rings. The van der Waals surface area contributed by atoms with Gasteiger partial charge in [-0.1, -0.05) is 12.8 Å². The van der Waals surface area contributed by atoms with Gasteiger partial charge in [-0.25, -0.2) is 29.0 Å². The van der Waals surface area contributed by atoms with Crippen molar-refractivity contribution in [2.45, 2.75) is 83.7 Å². The van der Waals surface area contributed by atoms with Crippen LogP contribution in [0.1, 0.15) is 92.2 Å². The summed E-state index contributed by atoms with van der Waals surface area (Å²) in [5, 5.41) is 19.4. The van der Waals surface area contributed by atoms with Crippen molar-refractivity contribution in [1.82, 2.24) is 35.0 Å². The van der Waals surface area contributed by atoms with E-state index in [1.807, 2.05) is 19.1 Å². The lowest BCUT2D eigenvalue weighted by Crippen LogP contribution is -2.44. The fraction of sp³-hybridized carbons (Fsp3) is 0.378. The molecule has 1 unspecified atom stereocenters. The number of nitrogens with zero attached hydrogens (tertiary/aromatic N) is 10. The van der Waals surface area contributed by atoms with E-state index in [2.05, 4.69) is 25.7 Å². The molecule has 2 aromatic carbocycles. The second-order valence-corrected chi connectivity index (χ2v) is 16.9. The summed E-state index contributed by atoms with van der Waals surface area (Å²) in [6, 6.07) is 11.7. The zero-order valence-electron chi connectivity index (χ0n) is 36.2. The standard InChI is InChI=1S/C45H44F4N12O4S/c1-26-30(15-16-34(55-26)38-54-25-59(57-38)37-10-6-9-19-65-37)35-23-52-39-40(56-35)58(36(62)24-53-39)18-8-5-4-7-17-51-41(63)31-14-13-29(21-33(31)46)61-43(66)60(42(64)44(61,2)3)28-12-11-27(22-50)32(20-28)45(47,48)49/h11-16,20-21,23,25,37H,4-10,17-19,24H2,1-3H3,(H,51,63)(H,52,53). The van der Waals surface area contributed by atoms with E-state index in [0.29, 0.717) is 73.0 Å². The summed E-state index contributed by atoms with van der Waals surface area (Å²) in [5.41, 5.74) is -1.03. The van der Waals surface area contributed by atoms with E-state index in [4.69, 9.17) is 26.9 Å². The predicted molar refractivity (Wildman–Crippen MR) is 239 cm³/mol. The van der Waals surface area contributed by atoms with Crippen LogP contribution in [0, 0.1) is 24.1 Å². The van der Waals surface area contributed by atoms with Crippen molar-refractivity contribution >= 4 is 58.1 Å². The molecule has 3 aliphatic rings. The monoisotopic (exact) mass is 924 g/mol. The van der Waals surface area contributed by atoms with Gasteiger partial charge >= 0.3 is 6.18 Å². The van der Waals surface area contributed by atoms with Crippen molar-refractivity contribution in [3.8, 4) is 28.8 Å². The molecule has 2 saturated heterocycles. The molecule has 2 N–H and O–H groups in total. The molecule has 6 heterocycles. The van der Waals surface area contributed by atoms with Crippen molar-refractivity contribution < 1.29 is 36.7 Å². The van der Waals surface area contributed by atoms with Crippen LogP contribution >= 0.6 is 12.2 Å². The van der Waals surface area contributed by atoms with Crippen molar-refractivity contribution in [3.05, 3.63) is 89.3 Å². The van der Waals surface area contributed by atoms with Crippen LogP contribution in [0.15, 0.2) is 61.1 Å². The summed E-state index contributed by atoms with van der Waals surface area (Å²) in [7, 11) is 0. The number of fused-ring (bicyclic) bond motifs is 1. The van der Waals surface area contributed by atoms with Gasteiger partial charge in [0, 0.05) is 36.6 Å². The third-order valence-corrected chi connectivity index (χ3v) is 12.0. The molecule has 66 heavy (non-hydrogen) atoms. The number of hydrogen-bond acceptors (Lipinski definition) is 12. The van der Waals surface area contributed by atoms with Gasteiger partial charge < -0.3 is 20.3 Å². The normalized spacial score (nSPS) is 17.2. The number of unbranched alkanes of at least 4 members (excludes halogenated alkanes) is 3. The predicted octanol–water partition coefficient (Wildman–Crippen LogP) is 7.50. The van der Waals surface area contributed by atoms with E-state index < -0.39 is 40.5 Å². The van der Waals surface area contributed by atoms with Crippen LogP contribution in [0.4, 0.5) is 40.6 Å². The number of amides is 3. The third-order valence-electron chi connectivity index (χ3n) is 11.7. The average Bonchev–Trinajstić information content (AvgIpc) is 3.86. The van der Waals surface area contributed by atoms with Gasteiger partial charge in [0.15, 0.2) is 28.8 Å². The number of thiocarbonyl (C=S) groups is 1. The Balaban J connectivity index is 0.837. The molecule has 0 spiro atoms. The summed E-state index contributed by atoms with van der Waals surface area (Å²) in [5.74, 6) is -0.965.